The van der Waals surface area contributed by atoms with Gasteiger partial charge in [0, 0.05) is 17.6 Å². The van der Waals surface area contributed by atoms with Gasteiger partial charge in [-0.3, -0.25) is 0 Å². The second-order valence-corrected chi connectivity index (χ2v) is 5.66. The predicted molar refractivity (Wildman–Crippen MR) is 75.2 cm³/mol. The van der Waals surface area contributed by atoms with Crippen LogP contribution in [-0.2, 0) is 11.3 Å². The summed E-state index contributed by atoms with van der Waals surface area (Å²) in [5.74, 6) is -0.379. The van der Waals surface area contributed by atoms with Crippen molar-refractivity contribution in [2.45, 2.75) is 33.4 Å². The van der Waals surface area contributed by atoms with E-state index in [-0.39, 0.29) is 18.6 Å². The SMILES string of the molecule is Cc1nc(COC(=O)c2cc(N)cn2C(C)C)cs1. The molecule has 2 heterocycles. The first kappa shape index (κ1) is 13.6. The fourth-order valence-electron chi connectivity index (χ4n) is 1.78. The third kappa shape index (κ3) is 3.14. The summed E-state index contributed by atoms with van der Waals surface area (Å²) in [6.45, 7) is 6.08. The van der Waals surface area contributed by atoms with Crippen molar-refractivity contribution in [2.75, 3.05) is 5.73 Å². The zero-order chi connectivity index (χ0) is 14.0. The lowest BCUT2D eigenvalue weighted by Crippen LogP contribution is -2.13. The third-order valence-corrected chi connectivity index (χ3v) is 3.48. The van der Waals surface area contributed by atoms with Crippen molar-refractivity contribution >= 4 is 23.0 Å². The number of esters is 1. The molecule has 0 spiro atoms. The minimum atomic E-state index is -0.379. The number of hydrogen-bond acceptors (Lipinski definition) is 5. The van der Waals surface area contributed by atoms with E-state index in [9.17, 15) is 4.79 Å². The van der Waals surface area contributed by atoms with Crippen molar-refractivity contribution in [1.82, 2.24) is 9.55 Å². The lowest BCUT2D eigenvalue weighted by Gasteiger charge is -2.11. The third-order valence-electron chi connectivity index (χ3n) is 2.65. The number of carbonyl (C=O) groups excluding carboxylic acids is 1. The van der Waals surface area contributed by atoms with Gasteiger partial charge in [0.2, 0.25) is 0 Å². The Hall–Kier alpha value is -1.82. The number of nitrogens with two attached hydrogens (primary N) is 1. The molecule has 0 aliphatic rings. The van der Waals surface area contributed by atoms with Crippen LogP contribution in [0.15, 0.2) is 17.6 Å². The zero-order valence-corrected chi connectivity index (χ0v) is 12.0. The molecule has 2 aromatic rings. The highest BCUT2D eigenvalue weighted by Crippen LogP contribution is 2.18. The van der Waals surface area contributed by atoms with E-state index in [2.05, 4.69) is 4.98 Å². The summed E-state index contributed by atoms with van der Waals surface area (Å²) in [4.78, 5) is 16.3. The molecule has 0 radical (unpaired) electrons. The topological polar surface area (TPSA) is 70.1 Å². The number of anilines is 1. The van der Waals surface area contributed by atoms with Gasteiger partial charge in [0.15, 0.2) is 0 Å². The van der Waals surface area contributed by atoms with E-state index < -0.39 is 0 Å². The van der Waals surface area contributed by atoms with Gasteiger partial charge in [0.05, 0.1) is 16.4 Å². The number of nitrogens with zero attached hydrogens (tertiary/aromatic N) is 2. The molecule has 19 heavy (non-hydrogen) atoms. The van der Waals surface area contributed by atoms with Gasteiger partial charge < -0.3 is 15.0 Å². The average Bonchev–Trinajstić information content (AvgIpc) is 2.92. The highest BCUT2D eigenvalue weighted by Gasteiger charge is 2.16. The van der Waals surface area contributed by atoms with Crippen LogP contribution in [0.1, 0.15) is 41.1 Å². The smallest absolute Gasteiger partial charge is 0.355 e. The van der Waals surface area contributed by atoms with E-state index in [0.717, 1.165) is 10.7 Å². The van der Waals surface area contributed by atoms with E-state index in [0.29, 0.717) is 11.4 Å². The maximum Gasteiger partial charge on any atom is 0.355 e. The highest BCUT2D eigenvalue weighted by atomic mass is 32.1. The van der Waals surface area contributed by atoms with E-state index in [1.54, 1.807) is 12.3 Å². The molecule has 0 atom stereocenters. The van der Waals surface area contributed by atoms with Crippen LogP contribution < -0.4 is 5.73 Å². The van der Waals surface area contributed by atoms with Crippen LogP contribution >= 0.6 is 11.3 Å². The number of aryl methyl sites for hydroxylation is 1. The number of carbonyl (C=O) groups is 1. The molecule has 0 aromatic carbocycles. The largest absolute Gasteiger partial charge is 0.454 e. The summed E-state index contributed by atoms with van der Waals surface area (Å²) >= 11 is 1.54. The summed E-state index contributed by atoms with van der Waals surface area (Å²) in [7, 11) is 0. The number of aromatic nitrogens is 2. The van der Waals surface area contributed by atoms with E-state index >= 15 is 0 Å². The summed E-state index contributed by atoms with van der Waals surface area (Å²) in [5.41, 5.74) is 7.53. The van der Waals surface area contributed by atoms with Crippen LogP contribution in [0.5, 0.6) is 0 Å². The van der Waals surface area contributed by atoms with Crippen LogP contribution in [0.2, 0.25) is 0 Å². The fraction of sp³-hybridized carbons (Fsp3) is 0.385. The molecule has 0 saturated heterocycles. The first-order valence-corrected chi connectivity index (χ1v) is 6.91. The highest BCUT2D eigenvalue weighted by molar-refractivity contribution is 7.09. The molecular formula is C13H17N3O2S. The van der Waals surface area contributed by atoms with Gasteiger partial charge in [0.25, 0.3) is 0 Å². The molecular weight excluding hydrogens is 262 g/mol. The molecule has 0 bridgehead atoms. The van der Waals surface area contributed by atoms with Crippen LogP contribution in [0.25, 0.3) is 0 Å². The number of rotatable bonds is 4. The number of thiazole rings is 1. The molecule has 2 N–H and O–H groups in total. The summed E-state index contributed by atoms with van der Waals surface area (Å²) in [6.07, 6.45) is 1.74. The summed E-state index contributed by atoms with van der Waals surface area (Å²) in [5, 5.41) is 2.85. The monoisotopic (exact) mass is 279 g/mol. The quantitative estimate of drug-likeness (QED) is 0.874. The Morgan fingerprint density at radius 3 is 2.89 bits per heavy atom. The molecule has 0 amide bonds. The second-order valence-electron chi connectivity index (χ2n) is 4.59. The van der Waals surface area contributed by atoms with Crippen molar-refractivity contribution in [2.24, 2.45) is 0 Å². The normalized spacial score (nSPS) is 10.9. The number of ether oxygens (including phenoxy) is 1. The van der Waals surface area contributed by atoms with Crippen LogP contribution in [0.4, 0.5) is 5.69 Å². The van der Waals surface area contributed by atoms with Gasteiger partial charge in [-0.05, 0) is 26.8 Å². The molecule has 0 fully saturated rings. The Morgan fingerprint density at radius 1 is 1.58 bits per heavy atom. The summed E-state index contributed by atoms with van der Waals surface area (Å²) in [6, 6.07) is 1.79. The van der Waals surface area contributed by atoms with E-state index in [4.69, 9.17) is 10.5 Å². The molecule has 5 nitrogen and oxygen atoms in total. The first-order valence-electron chi connectivity index (χ1n) is 6.03. The average molecular weight is 279 g/mol. The Balaban J connectivity index is 2.07. The molecule has 0 unspecified atom stereocenters. The second kappa shape index (κ2) is 5.44. The van der Waals surface area contributed by atoms with Crippen molar-refractivity contribution < 1.29 is 9.53 Å². The van der Waals surface area contributed by atoms with Crippen molar-refractivity contribution in [1.29, 1.82) is 0 Å². The summed E-state index contributed by atoms with van der Waals surface area (Å²) < 4.78 is 7.07. The van der Waals surface area contributed by atoms with Crippen LogP contribution in [0.3, 0.4) is 0 Å². The van der Waals surface area contributed by atoms with Crippen LogP contribution in [0, 0.1) is 6.92 Å². The van der Waals surface area contributed by atoms with Crippen LogP contribution in [-0.4, -0.2) is 15.5 Å². The lowest BCUT2D eigenvalue weighted by atomic mass is 10.3. The van der Waals surface area contributed by atoms with Gasteiger partial charge in [-0.1, -0.05) is 0 Å². The maximum atomic E-state index is 12.0. The standard InChI is InChI=1S/C13H17N3O2S/c1-8(2)16-5-10(14)4-12(16)13(17)18-6-11-7-19-9(3)15-11/h4-5,7-8H,6,14H2,1-3H3. The Kier molecular flexibility index (Phi) is 3.90. The Labute approximate surface area is 116 Å². The van der Waals surface area contributed by atoms with Gasteiger partial charge in [-0.2, -0.15) is 0 Å². The molecule has 6 heteroatoms. The Morgan fingerprint density at radius 2 is 2.32 bits per heavy atom. The fourth-order valence-corrected chi connectivity index (χ4v) is 2.38. The van der Waals surface area contributed by atoms with E-state index in [1.165, 1.54) is 11.3 Å². The number of hydrogen-bond donors (Lipinski definition) is 1. The lowest BCUT2D eigenvalue weighted by molar-refractivity contribution is 0.0454. The molecule has 0 aliphatic carbocycles. The van der Waals surface area contributed by atoms with Gasteiger partial charge in [-0.15, -0.1) is 11.3 Å². The molecule has 2 aromatic heterocycles. The molecule has 2 rings (SSSR count). The van der Waals surface area contributed by atoms with Gasteiger partial charge in [0.1, 0.15) is 12.3 Å². The van der Waals surface area contributed by atoms with Gasteiger partial charge in [-0.25, -0.2) is 9.78 Å². The van der Waals surface area contributed by atoms with Crippen molar-refractivity contribution in [3.8, 4) is 0 Å². The first-order chi connectivity index (χ1) is 8.97. The zero-order valence-electron chi connectivity index (χ0n) is 11.2. The molecule has 0 aliphatic heterocycles. The minimum absolute atomic E-state index is 0.154. The molecule has 0 saturated carbocycles. The van der Waals surface area contributed by atoms with Crippen molar-refractivity contribution in [3.05, 3.63) is 34.0 Å². The Bertz CT molecular complexity index is 586. The predicted octanol–water partition coefficient (Wildman–Crippen LogP) is 2.77. The maximum absolute atomic E-state index is 12.0. The van der Waals surface area contributed by atoms with Gasteiger partial charge >= 0.3 is 5.97 Å². The minimum Gasteiger partial charge on any atom is -0.454 e. The molecule has 102 valence electrons. The van der Waals surface area contributed by atoms with E-state index in [1.807, 2.05) is 30.7 Å². The number of nitrogen functional groups attached to an aromatic ring is 1. The van der Waals surface area contributed by atoms with Crippen molar-refractivity contribution in [3.63, 3.8) is 0 Å².